The van der Waals surface area contributed by atoms with Crippen LogP contribution in [0.15, 0.2) is 48.5 Å². The molecule has 3 amide bonds. The van der Waals surface area contributed by atoms with Crippen LogP contribution in [0.4, 0.5) is 5.69 Å². The topological polar surface area (TPSA) is 60.9 Å². The molecule has 0 bridgehead atoms. The van der Waals surface area contributed by atoms with E-state index in [0.29, 0.717) is 24.2 Å². The zero-order valence-electron chi connectivity index (χ0n) is 15.2. The van der Waals surface area contributed by atoms with E-state index in [-0.39, 0.29) is 24.3 Å². The van der Waals surface area contributed by atoms with Gasteiger partial charge in [-0.2, -0.15) is 0 Å². The standard InChI is InChI=1S/C21H21N3O3/c1-15-5-4-6-16(13-15)22-9-11-23(12-10-22)19(25)14-24-20(26)17-7-2-3-8-18(17)21(24)27/h2-8,13H,9-12,14H2,1H3. The number of carbonyl (C=O) groups is 3. The third kappa shape index (κ3) is 3.18. The van der Waals surface area contributed by atoms with Crippen molar-refractivity contribution in [2.24, 2.45) is 0 Å². The van der Waals surface area contributed by atoms with Gasteiger partial charge in [0.1, 0.15) is 6.54 Å². The van der Waals surface area contributed by atoms with E-state index in [1.54, 1.807) is 29.2 Å². The molecule has 27 heavy (non-hydrogen) atoms. The Balaban J connectivity index is 1.38. The van der Waals surface area contributed by atoms with Crippen LogP contribution in [-0.4, -0.2) is 60.2 Å². The highest BCUT2D eigenvalue weighted by Gasteiger charge is 2.37. The summed E-state index contributed by atoms with van der Waals surface area (Å²) in [6, 6.07) is 15.0. The predicted molar refractivity (Wildman–Crippen MR) is 102 cm³/mol. The summed E-state index contributed by atoms with van der Waals surface area (Å²) in [5.41, 5.74) is 3.11. The van der Waals surface area contributed by atoms with E-state index in [1.807, 2.05) is 6.07 Å². The molecule has 2 aliphatic heterocycles. The number of aryl methyl sites for hydroxylation is 1. The van der Waals surface area contributed by atoms with Gasteiger partial charge >= 0.3 is 0 Å². The third-order valence-corrected chi connectivity index (χ3v) is 5.17. The smallest absolute Gasteiger partial charge is 0.262 e. The van der Waals surface area contributed by atoms with Gasteiger partial charge in [-0.05, 0) is 36.8 Å². The average molecular weight is 363 g/mol. The zero-order chi connectivity index (χ0) is 19.0. The van der Waals surface area contributed by atoms with E-state index < -0.39 is 0 Å². The second-order valence-corrected chi connectivity index (χ2v) is 6.95. The van der Waals surface area contributed by atoms with Gasteiger partial charge in [-0.15, -0.1) is 0 Å². The van der Waals surface area contributed by atoms with Crippen molar-refractivity contribution in [3.63, 3.8) is 0 Å². The predicted octanol–water partition coefficient (Wildman–Crippen LogP) is 1.94. The Bertz CT molecular complexity index is 881. The van der Waals surface area contributed by atoms with Crippen molar-refractivity contribution in [1.82, 2.24) is 9.80 Å². The quantitative estimate of drug-likeness (QED) is 0.782. The number of amides is 3. The van der Waals surface area contributed by atoms with Gasteiger partial charge in [0.25, 0.3) is 11.8 Å². The highest BCUT2D eigenvalue weighted by atomic mass is 16.2. The van der Waals surface area contributed by atoms with Crippen molar-refractivity contribution >= 4 is 23.4 Å². The lowest BCUT2D eigenvalue weighted by Crippen LogP contribution is -2.51. The van der Waals surface area contributed by atoms with Crippen LogP contribution in [0.2, 0.25) is 0 Å². The van der Waals surface area contributed by atoms with Crippen LogP contribution in [-0.2, 0) is 4.79 Å². The van der Waals surface area contributed by atoms with E-state index in [2.05, 4.69) is 30.0 Å². The lowest BCUT2D eigenvalue weighted by atomic mass is 10.1. The molecule has 0 unspecified atom stereocenters. The van der Waals surface area contributed by atoms with Gasteiger partial charge in [0.05, 0.1) is 11.1 Å². The van der Waals surface area contributed by atoms with Crippen LogP contribution in [0.3, 0.4) is 0 Å². The first-order valence-corrected chi connectivity index (χ1v) is 9.09. The molecule has 0 aliphatic carbocycles. The van der Waals surface area contributed by atoms with Gasteiger partial charge in [0.15, 0.2) is 0 Å². The van der Waals surface area contributed by atoms with Gasteiger partial charge in [-0.3, -0.25) is 19.3 Å². The first-order valence-electron chi connectivity index (χ1n) is 9.09. The number of hydrogen-bond donors (Lipinski definition) is 0. The molecule has 0 radical (unpaired) electrons. The Morgan fingerprint density at radius 2 is 1.52 bits per heavy atom. The Kier molecular flexibility index (Phi) is 4.39. The fourth-order valence-electron chi connectivity index (χ4n) is 3.66. The molecule has 6 nitrogen and oxygen atoms in total. The third-order valence-electron chi connectivity index (χ3n) is 5.17. The van der Waals surface area contributed by atoms with Gasteiger partial charge in [-0.1, -0.05) is 24.3 Å². The summed E-state index contributed by atoms with van der Waals surface area (Å²) in [5, 5.41) is 0. The minimum atomic E-state index is -0.387. The molecular formula is C21H21N3O3. The SMILES string of the molecule is Cc1cccc(N2CCN(C(=O)CN3C(=O)c4ccccc4C3=O)CC2)c1. The molecule has 2 aromatic carbocycles. The minimum Gasteiger partial charge on any atom is -0.368 e. The number of benzene rings is 2. The molecule has 2 heterocycles. The maximum atomic E-state index is 12.7. The molecule has 0 saturated carbocycles. The number of rotatable bonds is 3. The number of piperazine rings is 1. The molecule has 6 heteroatoms. The van der Waals surface area contributed by atoms with E-state index in [0.717, 1.165) is 23.7 Å². The maximum Gasteiger partial charge on any atom is 0.262 e. The Hall–Kier alpha value is -3.15. The molecule has 138 valence electrons. The second-order valence-electron chi connectivity index (χ2n) is 6.95. The Labute approximate surface area is 158 Å². The molecule has 2 aliphatic rings. The van der Waals surface area contributed by atoms with Gasteiger partial charge in [-0.25, -0.2) is 0 Å². The maximum absolute atomic E-state index is 12.7. The summed E-state index contributed by atoms with van der Waals surface area (Å²) in [6.45, 7) is 4.49. The number of anilines is 1. The average Bonchev–Trinajstić information content (AvgIpc) is 2.93. The molecule has 0 aromatic heterocycles. The molecule has 4 rings (SSSR count). The van der Waals surface area contributed by atoms with Crippen molar-refractivity contribution in [2.75, 3.05) is 37.6 Å². The lowest BCUT2D eigenvalue weighted by Gasteiger charge is -2.36. The summed E-state index contributed by atoms with van der Waals surface area (Å²) in [4.78, 5) is 42.5. The van der Waals surface area contributed by atoms with Crippen LogP contribution in [0.1, 0.15) is 26.3 Å². The summed E-state index contributed by atoms with van der Waals surface area (Å²) >= 11 is 0. The van der Waals surface area contributed by atoms with Crippen LogP contribution < -0.4 is 4.90 Å². The zero-order valence-corrected chi connectivity index (χ0v) is 15.2. The van der Waals surface area contributed by atoms with E-state index in [1.165, 1.54) is 5.56 Å². The van der Waals surface area contributed by atoms with E-state index in [4.69, 9.17) is 0 Å². The summed E-state index contributed by atoms with van der Waals surface area (Å²) < 4.78 is 0. The molecule has 0 spiro atoms. The normalized spacial score (nSPS) is 16.7. The summed E-state index contributed by atoms with van der Waals surface area (Å²) in [5.74, 6) is -0.960. The minimum absolute atomic E-state index is 0.187. The molecular weight excluding hydrogens is 342 g/mol. The highest BCUT2D eigenvalue weighted by molar-refractivity contribution is 6.22. The Morgan fingerprint density at radius 3 is 2.11 bits per heavy atom. The number of carbonyl (C=O) groups excluding carboxylic acids is 3. The number of hydrogen-bond acceptors (Lipinski definition) is 4. The highest BCUT2D eigenvalue weighted by Crippen LogP contribution is 2.23. The van der Waals surface area contributed by atoms with Crippen LogP contribution in [0.25, 0.3) is 0 Å². The van der Waals surface area contributed by atoms with Crippen molar-refractivity contribution in [3.8, 4) is 0 Å². The molecule has 1 saturated heterocycles. The lowest BCUT2D eigenvalue weighted by molar-refractivity contribution is -0.131. The van der Waals surface area contributed by atoms with E-state index in [9.17, 15) is 14.4 Å². The molecule has 2 aromatic rings. The van der Waals surface area contributed by atoms with Crippen LogP contribution in [0.5, 0.6) is 0 Å². The number of nitrogens with zero attached hydrogens (tertiary/aromatic N) is 3. The molecule has 0 atom stereocenters. The van der Waals surface area contributed by atoms with Gasteiger partial charge < -0.3 is 9.80 Å². The van der Waals surface area contributed by atoms with Crippen molar-refractivity contribution in [3.05, 3.63) is 65.2 Å². The first-order chi connectivity index (χ1) is 13.0. The number of fused-ring (bicyclic) bond motifs is 1. The molecule has 1 fully saturated rings. The van der Waals surface area contributed by atoms with Crippen molar-refractivity contribution in [2.45, 2.75) is 6.92 Å². The number of imide groups is 1. The largest absolute Gasteiger partial charge is 0.368 e. The second kappa shape index (κ2) is 6.87. The van der Waals surface area contributed by atoms with E-state index >= 15 is 0 Å². The van der Waals surface area contributed by atoms with Gasteiger partial charge in [0.2, 0.25) is 5.91 Å². The van der Waals surface area contributed by atoms with Gasteiger partial charge in [0, 0.05) is 31.9 Å². The Morgan fingerprint density at radius 1 is 0.889 bits per heavy atom. The fourth-order valence-corrected chi connectivity index (χ4v) is 3.66. The summed E-state index contributed by atoms with van der Waals surface area (Å²) in [7, 11) is 0. The van der Waals surface area contributed by atoms with Crippen LogP contribution in [0, 0.1) is 6.92 Å². The monoisotopic (exact) mass is 363 g/mol. The summed E-state index contributed by atoms with van der Waals surface area (Å²) in [6.07, 6.45) is 0. The van der Waals surface area contributed by atoms with Crippen molar-refractivity contribution in [1.29, 1.82) is 0 Å². The fraction of sp³-hybridized carbons (Fsp3) is 0.286. The molecule has 0 N–H and O–H groups in total. The van der Waals surface area contributed by atoms with Crippen molar-refractivity contribution < 1.29 is 14.4 Å². The first kappa shape index (κ1) is 17.3. The van der Waals surface area contributed by atoms with Crippen LogP contribution >= 0.6 is 0 Å².